The predicted molar refractivity (Wildman–Crippen MR) is 82.5 cm³/mol. The smallest absolute Gasteiger partial charge is 0.273 e. The molecular formula is C16H14ClN3O2. The van der Waals surface area contributed by atoms with E-state index in [0.717, 1.165) is 0 Å². The Kier molecular flexibility index (Phi) is 4.06. The molecule has 1 saturated heterocycles. The molecule has 1 atom stereocenters. The van der Waals surface area contributed by atoms with Crippen molar-refractivity contribution in [3.8, 4) is 0 Å². The van der Waals surface area contributed by atoms with Gasteiger partial charge >= 0.3 is 0 Å². The van der Waals surface area contributed by atoms with Gasteiger partial charge in [0.25, 0.3) is 5.91 Å². The van der Waals surface area contributed by atoms with Gasteiger partial charge in [-0.1, -0.05) is 35.9 Å². The van der Waals surface area contributed by atoms with E-state index in [0.29, 0.717) is 29.4 Å². The minimum absolute atomic E-state index is 0.233. The van der Waals surface area contributed by atoms with Crippen molar-refractivity contribution in [1.82, 2.24) is 15.2 Å². The average molecular weight is 316 g/mol. The van der Waals surface area contributed by atoms with E-state index in [1.807, 2.05) is 0 Å². The Bertz CT molecular complexity index is 706. The van der Waals surface area contributed by atoms with Crippen LogP contribution < -0.4 is 5.32 Å². The van der Waals surface area contributed by atoms with E-state index < -0.39 is 6.04 Å². The molecule has 6 heteroatoms. The quantitative estimate of drug-likeness (QED) is 0.922. The molecule has 1 aliphatic heterocycles. The molecule has 0 unspecified atom stereocenters. The molecule has 0 spiro atoms. The Morgan fingerprint density at radius 1 is 1.23 bits per heavy atom. The van der Waals surface area contributed by atoms with Gasteiger partial charge in [-0.15, -0.1) is 0 Å². The number of halogens is 1. The van der Waals surface area contributed by atoms with Gasteiger partial charge in [0.05, 0.1) is 0 Å². The number of hydrogen-bond acceptors (Lipinski definition) is 3. The molecule has 2 heterocycles. The Hall–Kier alpha value is -2.40. The highest BCUT2D eigenvalue weighted by Gasteiger charge is 2.36. The molecule has 2 amide bonds. The van der Waals surface area contributed by atoms with Crippen molar-refractivity contribution in [2.75, 3.05) is 13.1 Å². The maximum atomic E-state index is 12.7. The number of amides is 2. The first kappa shape index (κ1) is 14.5. The van der Waals surface area contributed by atoms with Crippen molar-refractivity contribution in [1.29, 1.82) is 0 Å². The first-order valence-electron chi connectivity index (χ1n) is 6.92. The molecule has 1 aromatic carbocycles. The fourth-order valence-corrected chi connectivity index (χ4v) is 2.77. The van der Waals surface area contributed by atoms with Gasteiger partial charge in [-0.2, -0.15) is 0 Å². The van der Waals surface area contributed by atoms with Gasteiger partial charge in [-0.05, 0) is 18.2 Å². The lowest BCUT2D eigenvalue weighted by atomic mass is 10.0. The highest BCUT2D eigenvalue weighted by atomic mass is 35.5. The summed E-state index contributed by atoms with van der Waals surface area (Å²) >= 11 is 6.21. The summed E-state index contributed by atoms with van der Waals surface area (Å²) < 4.78 is 0. The van der Waals surface area contributed by atoms with E-state index in [1.165, 1.54) is 4.90 Å². The van der Waals surface area contributed by atoms with Gasteiger partial charge in [-0.25, -0.2) is 0 Å². The van der Waals surface area contributed by atoms with Crippen molar-refractivity contribution in [3.05, 3.63) is 64.9 Å². The second kappa shape index (κ2) is 6.15. The van der Waals surface area contributed by atoms with Crippen LogP contribution in [0.2, 0.25) is 5.02 Å². The monoisotopic (exact) mass is 315 g/mol. The van der Waals surface area contributed by atoms with Crippen LogP contribution in [0.25, 0.3) is 0 Å². The third-order valence-corrected chi connectivity index (χ3v) is 3.90. The molecule has 1 aromatic heterocycles. The van der Waals surface area contributed by atoms with E-state index >= 15 is 0 Å². The normalized spacial score (nSPS) is 18.0. The summed E-state index contributed by atoms with van der Waals surface area (Å²) in [6.07, 6.45) is 1.56. The third kappa shape index (κ3) is 2.67. The van der Waals surface area contributed by atoms with Crippen LogP contribution in [0.5, 0.6) is 0 Å². The SMILES string of the molecule is O=C1NCCN(C(=O)c2ccccn2)[C@H]1c1ccccc1Cl. The minimum atomic E-state index is -0.739. The molecule has 3 rings (SSSR count). The number of nitrogens with one attached hydrogen (secondary N) is 1. The Morgan fingerprint density at radius 2 is 2.00 bits per heavy atom. The lowest BCUT2D eigenvalue weighted by molar-refractivity contribution is -0.128. The first-order chi connectivity index (χ1) is 10.7. The van der Waals surface area contributed by atoms with Crippen molar-refractivity contribution in [2.24, 2.45) is 0 Å². The maximum Gasteiger partial charge on any atom is 0.273 e. The van der Waals surface area contributed by atoms with E-state index in [4.69, 9.17) is 11.6 Å². The fourth-order valence-electron chi connectivity index (χ4n) is 2.53. The summed E-state index contributed by atoms with van der Waals surface area (Å²) in [6, 6.07) is 11.4. The zero-order valence-electron chi connectivity index (χ0n) is 11.7. The van der Waals surface area contributed by atoms with Crippen molar-refractivity contribution in [2.45, 2.75) is 6.04 Å². The summed E-state index contributed by atoms with van der Waals surface area (Å²) in [5.74, 6) is -0.510. The highest BCUT2D eigenvalue weighted by Crippen LogP contribution is 2.30. The molecule has 2 aromatic rings. The predicted octanol–water partition coefficient (Wildman–Crippen LogP) is 2.05. The summed E-state index contributed by atoms with van der Waals surface area (Å²) in [7, 11) is 0. The molecule has 0 bridgehead atoms. The van der Waals surface area contributed by atoms with E-state index in [-0.39, 0.29) is 11.8 Å². The van der Waals surface area contributed by atoms with Crippen LogP contribution in [0.4, 0.5) is 0 Å². The number of carbonyl (C=O) groups is 2. The lowest BCUT2D eigenvalue weighted by Crippen LogP contribution is -2.52. The van der Waals surface area contributed by atoms with Crippen molar-refractivity contribution in [3.63, 3.8) is 0 Å². The molecule has 112 valence electrons. The summed E-state index contributed by atoms with van der Waals surface area (Å²) in [6.45, 7) is 0.829. The molecular weight excluding hydrogens is 302 g/mol. The van der Waals surface area contributed by atoms with Crippen molar-refractivity contribution < 1.29 is 9.59 Å². The summed E-state index contributed by atoms with van der Waals surface area (Å²) in [4.78, 5) is 30.6. The third-order valence-electron chi connectivity index (χ3n) is 3.56. The van der Waals surface area contributed by atoms with Crippen LogP contribution in [-0.4, -0.2) is 34.8 Å². The van der Waals surface area contributed by atoms with Gasteiger partial charge in [0.15, 0.2) is 0 Å². The molecule has 0 radical (unpaired) electrons. The fraction of sp³-hybridized carbons (Fsp3) is 0.188. The van der Waals surface area contributed by atoms with Crippen LogP contribution in [0.1, 0.15) is 22.1 Å². The Morgan fingerprint density at radius 3 is 2.73 bits per heavy atom. The van der Waals surface area contributed by atoms with Crippen LogP contribution in [0.3, 0.4) is 0 Å². The second-order valence-electron chi connectivity index (χ2n) is 4.93. The van der Waals surface area contributed by atoms with Crippen LogP contribution >= 0.6 is 11.6 Å². The number of piperazine rings is 1. The van der Waals surface area contributed by atoms with Crippen molar-refractivity contribution >= 4 is 23.4 Å². The maximum absolute atomic E-state index is 12.7. The molecule has 1 N–H and O–H groups in total. The topological polar surface area (TPSA) is 62.3 Å². The zero-order valence-corrected chi connectivity index (χ0v) is 12.5. The Labute approximate surface area is 132 Å². The van der Waals surface area contributed by atoms with Gasteiger partial charge in [-0.3, -0.25) is 14.6 Å². The molecule has 0 aliphatic carbocycles. The zero-order chi connectivity index (χ0) is 15.5. The number of benzene rings is 1. The minimum Gasteiger partial charge on any atom is -0.352 e. The molecule has 1 fully saturated rings. The van der Waals surface area contributed by atoms with Gasteiger partial charge in [0, 0.05) is 29.9 Å². The lowest BCUT2D eigenvalue weighted by Gasteiger charge is -2.35. The highest BCUT2D eigenvalue weighted by molar-refractivity contribution is 6.31. The summed E-state index contributed by atoms with van der Waals surface area (Å²) in [5, 5.41) is 3.24. The van der Waals surface area contributed by atoms with Crippen LogP contribution in [0.15, 0.2) is 48.7 Å². The standard InChI is InChI=1S/C16H14ClN3O2/c17-12-6-2-1-5-11(12)14-15(21)19-9-10-20(14)16(22)13-7-3-4-8-18-13/h1-8,14H,9-10H2,(H,19,21)/t14-/m0/s1. The molecule has 5 nitrogen and oxygen atoms in total. The second-order valence-corrected chi connectivity index (χ2v) is 5.34. The van der Waals surface area contributed by atoms with E-state index in [9.17, 15) is 9.59 Å². The number of carbonyl (C=O) groups excluding carboxylic acids is 2. The molecule has 1 aliphatic rings. The van der Waals surface area contributed by atoms with Crippen LogP contribution in [-0.2, 0) is 4.79 Å². The largest absolute Gasteiger partial charge is 0.352 e. The number of nitrogens with zero attached hydrogens (tertiary/aromatic N) is 2. The van der Waals surface area contributed by atoms with Gasteiger partial charge < -0.3 is 10.2 Å². The number of aromatic nitrogens is 1. The van der Waals surface area contributed by atoms with Crippen LogP contribution in [0, 0.1) is 0 Å². The van der Waals surface area contributed by atoms with Gasteiger partial charge in [0.1, 0.15) is 11.7 Å². The van der Waals surface area contributed by atoms with E-state index in [1.54, 1.807) is 48.7 Å². The molecule has 0 saturated carbocycles. The number of hydrogen-bond donors (Lipinski definition) is 1. The van der Waals surface area contributed by atoms with E-state index in [2.05, 4.69) is 10.3 Å². The first-order valence-corrected chi connectivity index (χ1v) is 7.30. The Balaban J connectivity index is 1.99. The molecule has 22 heavy (non-hydrogen) atoms. The summed E-state index contributed by atoms with van der Waals surface area (Å²) in [5.41, 5.74) is 0.930. The average Bonchev–Trinajstić information content (AvgIpc) is 2.56. The number of pyridine rings is 1. The number of rotatable bonds is 2. The van der Waals surface area contributed by atoms with Gasteiger partial charge in [0.2, 0.25) is 5.91 Å².